The van der Waals surface area contributed by atoms with Crippen molar-refractivity contribution in [3.8, 4) is 34.3 Å². The van der Waals surface area contributed by atoms with E-state index in [0.717, 1.165) is 19.1 Å². The number of aliphatic hydroxyl groups is 2. The van der Waals surface area contributed by atoms with Crippen molar-refractivity contribution in [2.75, 3.05) is 6.61 Å². The first kappa shape index (κ1) is 31.1. The van der Waals surface area contributed by atoms with Crippen molar-refractivity contribution in [1.82, 2.24) is 0 Å². The summed E-state index contributed by atoms with van der Waals surface area (Å²) in [6.07, 6.45) is -5.31. The van der Waals surface area contributed by atoms with Crippen molar-refractivity contribution in [3.63, 3.8) is 0 Å². The molecule has 5 atom stereocenters. The first-order chi connectivity index (χ1) is 21.5. The highest BCUT2D eigenvalue weighted by molar-refractivity contribution is 5.87. The molecule has 0 bridgehead atoms. The molecule has 0 radical (unpaired) electrons. The van der Waals surface area contributed by atoms with Crippen LogP contribution in [-0.2, 0) is 23.8 Å². The minimum Gasteiger partial charge on any atom is -0.508 e. The fraction of sp³-hybridized carbons (Fsp3) is 0.219. The lowest BCUT2D eigenvalue weighted by Crippen LogP contribution is -2.61. The maximum atomic E-state index is 12.8. The molecule has 45 heavy (non-hydrogen) atoms. The smallest absolute Gasteiger partial charge is 0.330 e. The van der Waals surface area contributed by atoms with E-state index in [1.54, 1.807) is 12.1 Å². The highest BCUT2D eigenvalue weighted by atomic mass is 16.7. The second-order valence-corrected chi connectivity index (χ2v) is 10.1. The molecule has 1 aromatic heterocycles. The third-order valence-electron chi connectivity index (χ3n) is 6.83. The molecule has 234 valence electrons. The van der Waals surface area contributed by atoms with Crippen molar-refractivity contribution >= 4 is 29.0 Å². The van der Waals surface area contributed by atoms with Crippen LogP contribution in [0.5, 0.6) is 23.0 Å². The Morgan fingerprint density at radius 2 is 1.58 bits per heavy atom. The number of rotatable bonds is 8. The standard InChI is InChI=1S/C32H28O13/c1-16(33)42-31-26(15-41-27(38)11-4-17-2-7-19(34)8-3-17)45-32(30(40)29(31)39)43-21-12-22(36)28-23(37)14-24(44-25(28)13-21)18-5-9-20(35)10-6-18/h2-14,26,29-32,34-36,39-40H,15H2,1H3/b11-4+/t26-,29-,30-,31-,32-/m1/s1. The number of carbonyl (C=O) groups excluding carboxylic acids is 2. The van der Waals surface area contributed by atoms with E-state index in [1.165, 1.54) is 54.6 Å². The van der Waals surface area contributed by atoms with Crippen molar-refractivity contribution in [2.45, 2.75) is 37.6 Å². The third kappa shape index (κ3) is 7.24. The summed E-state index contributed by atoms with van der Waals surface area (Å²) in [6.45, 7) is 0.567. The number of aliphatic hydroxyl groups excluding tert-OH is 2. The first-order valence-corrected chi connectivity index (χ1v) is 13.6. The number of benzene rings is 3. The summed E-state index contributed by atoms with van der Waals surface area (Å²) < 4.78 is 27.7. The van der Waals surface area contributed by atoms with Gasteiger partial charge in [0, 0.05) is 36.8 Å². The zero-order chi connectivity index (χ0) is 32.2. The molecule has 0 amide bonds. The Kier molecular flexibility index (Phi) is 9.04. The van der Waals surface area contributed by atoms with Crippen LogP contribution in [0, 0.1) is 0 Å². The zero-order valence-corrected chi connectivity index (χ0v) is 23.6. The van der Waals surface area contributed by atoms with Gasteiger partial charge in [-0.1, -0.05) is 12.1 Å². The Balaban J connectivity index is 1.36. The van der Waals surface area contributed by atoms with Gasteiger partial charge in [-0.25, -0.2) is 4.79 Å². The van der Waals surface area contributed by atoms with Gasteiger partial charge in [0.15, 0.2) is 11.5 Å². The molecule has 13 heteroatoms. The van der Waals surface area contributed by atoms with Gasteiger partial charge in [0.05, 0.1) is 0 Å². The van der Waals surface area contributed by atoms with E-state index in [4.69, 9.17) is 23.4 Å². The molecule has 1 saturated heterocycles. The van der Waals surface area contributed by atoms with Gasteiger partial charge in [-0.15, -0.1) is 0 Å². The highest BCUT2D eigenvalue weighted by Crippen LogP contribution is 2.34. The Morgan fingerprint density at radius 3 is 2.24 bits per heavy atom. The Labute approximate surface area is 254 Å². The van der Waals surface area contributed by atoms with Gasteiger partial charge < -0.3 is 48.9 Å². The fourth-order valence-electron chi connectivity index (χ4n) is 4.65. The largest absolute Gasteiger partial charge is 0.508 e. The van der Waals surface area contributed by atoms with Gasteiger partial charge >= 0.3 is 11.9 Å². The molecular formula is C32H28O13. The first-order valence-electron chi connectivity index (χ1n) is 13.6. The van der Waals surface area contributed by atoms with Gasteiger partial charge in [0.25, 0.3) is 0 Å². The molecule has 13 nitrogen and oxygen atoms in total. The predicted molar refractivity (Wildman–Crippen MR) is 156 cm³/mol. The SMILES string of the molecule is CC(=O)O[C@H]1[C@H](O)[C@@H](O)[C@H](Oc2cc(O)c3c(=O)cc(-c4ccc(O)cc4)oc3c2)O[C@@H]1COC(=O)/C=C/c1ccc(O)cc1. The topological polar surface area (TPSA) is 202 Å². The minimum atomic E-state index is -1.77. The van der Waals surface area contributed by atoms with E-state index in [1.807, 2.05) is 0 Å². The summed E-state index contributed by atoms with van der Waals surface area (Å²) in [6, 6.07) is 15.4. The summed E-state index contributed by atoms with van der Waals surface area (Å²) in [5, 5.41) is 51.0. The average Bonchev–Trinajstić information content (AvgIpc) is 2.99. The number of ether oxygens (including phenoxy) is 4. The van der Waals surface area contributed by atoms with Gasteiger partial charge in [-0.2, -0.15) is 0 Å². The van der Waals surface area contributed by atoms with Crippen LogP contribution in [0.3, 0.4) is 0 Å². The molecule has 3 aromatic carbocycles. The van der Waals surface area contributed by atoms with Crippen LogP contribution >= 0.6 is 0 Å². The van der Waals surface area contributed by atoms with Gasteiger partial charge in [-0.05, 0) is 48.0 Å². The van der Waals surface area contributed by atoms with Crippen LogP contribution in [0.1, 0.15) is 12.5 Å². The monoisotopic (exact) mass is 620 g/mol. The molecule has 5 rings (SSSR count). The lowest BCUT2D eigenvalue weighted by Gasteiger charge is -2.41. The number of hydrogen-bond donors (Lipinski definition) is 5. The minimum absolute atomic E-state index is 0.0120. The van der Waals surface area contributed by atoms with Crippen LogP contribution < -0.4 is 10.2 Å². The zero-order valence-electron chi connectivity index (χ0n) is 23.6. The van der Waals surface area contributed by atoms with E-state index >= 15 is 0 Å². The Hall–Kier alpha value is -5.37. The molecule has 2 heterocycles. The molecular weight excluding hydrogens is 592 g/mol. The summed E-state index contributed by atoms with van der Waals surface area (Å²) in [5.74, 6) is -2.01. The van der Waals surface area contributed by atoms with Crippen molar-refractivity contribution in [1.29, 1.82) is 0 Å². The third-order valence-corrected chi connectivity index (χ3v) is 6.83. The van der Waals surface area contributed by atoms with Crippen LogP contribution in [0.2, 0.25) is 0 Å². The molecule has 1 aliphatic heterocycles. The lowest BCUT2D eigenvalue weighted by atomic mass is 9.99. The van der Waals surface area contributed by atoms with Crippen molar-refractivity contribution in [2.24, 2.45) is 0 Å². The van der Waals surface area contributed by atoms with E-state index in [-0.39, 0.29) is 34.0 Å². The number of carbonyl (C=O) groups is 2. The quantitative estimate of drug-likeness (QED) is 0.142. The van der Waals surface area contributed by atoms with Gasteiger partial charge in [0.1, 0.15) is 64.6 Å². The molecule has 0 unspecified atom stereocenters. The molecule has 0 spiro atoms. The summed E-state index contributed by atoms with van der Waals surface area (Å²) in [4.78, 5) is 36.9. The second kappa shape index (κ2) is 13.1. The number of phenols is 3. The molecule has 1 fully saturated rings. The fourth-order valence-corrected chi connectivity index (χ4v) is 4.65. The highest BCUT2D eigenvalue weighted by Gasteiger charge is 2.48. The Bertz CT molecular complexity index is 1780. The second-order valence-electron chi connectivity index (χ2n) is 10.1. The number of aromatic hydroxyl groups is 3. The van der Waals surface area contributed by atoms with Crippen LogP contribution in [0.15, 0.2) is 82.0 Å². The number of hydrogen-bond acceptors (Lipinski definition) is 13. The van der Waals surface area contributed by atoms with E-state index in [0.29, 0.717) is 11.1 Å². The predicted octanol–water partition coefficient (Wildman–Crippen LogP) is 2.59. The number of esters is 2. The van der Waals surface area contributed by atoms with Crippen molar-refractivity contribution < 1.29 is 58.5 Å². The van der Waals surface area contributed by atoms with Crippen LogP contribution in [0.25, 0.3) is 28.4 Å². The molecule has 5 N–H and O–H groups in total. The molecule has 1 aliphatic rings. The molecule has 4 aromatic rings. The van der Waals surface area contributed by atoms with Crippen LogP contribution in [-0.4, -0.2) is 74.8 Å². The maximum Gasteiger partial charge on any atom is 0.330 e. The van der Waals surface area contributed by atoms with Gasteiger partial charge in [-0.3, -0.25) is 9.59 Å². The van der Waals surface area contributed by atoms with E-state index in [9.17, 15) is 39.9 Å². The van der Waals surface area contributed by atoms with Gasteiger partial charge in [0.2, 0.25) is 6.29 Å². The van der Waals surface area contributed by atoms with E-state index < -0.39 is 60.4 Å². The average molecular weight is 621 g/mol. The number of phenolic OH excluding ortho intramolecular Hbond substituents is 3. The summed E-state index contributed by atoms with van der Waals surface area (Å²) in [5.41, 5.74) is 0.445. The van der Waals surface area contributed by atoms with E-state index in [2.05, 4.69) is 0 Å². The summed E-state index contributed by atoms with van der Waals surface area (Å²) >= 11 is 0. The lowest BCUT2D eigenvalue weighted by molar-refractivity contribution is -0.281. The van der Waals surface area contributed by atoms with Crippen LogP contribution in [0.4, 0.5) is 0 Å². The molecule has 0 saturated carbocycles. The van der Waals surface area contributed by atoms with Crippen molar-refractivity contribution in [3.05, 3.63) is 88.6 Å². The normalized spacial score (nSPS) is 21.4. The number of fused-ring (bicyclic) bond motifs is 1. The Morgan fingerprint density at radius 1 is 0.911 bits per heavy atom. The molecule has 0 aliphatic carbocycles. The maximum absolute atomic E-state index is 12.8. The summed E-state index contributed by atoms with van der Waals surface area (Å²) in [7, 11) is 0.